The molecule has 4 rings (SSSR count). The lowest BCUT2D eigenvalue weighted by Gasteiger charge is -2.12. The number of anilines is 2. The summed E-state index contributed by atoms with van der Waals surface area (Å²) in [6.07, 6.45) is -3.26. The van der Waals surface area contributed by atoms with Crippen LogP contribution in [0.2, 0.25) is 5.02 Å². The number of carboxylic acid groups (broad SMARTS) is 1. The van der Waals surface area contributed by atoms with E-state index in [0.29, 0.717) is 22.7 Å². The molecule has 2 aromatic heterocycles. The number of aryl methyl sites for hydroxylation is 1. The molecule has 0 spiro atoms. The Morgan fingerprint density at radius 1 is 1.12 bits per heavy atom. The number of hydrogen-bond donors (Lipinski definition) is 2. The van der Waals surface area contributed by atoms with Gasteiger partial charge < -0.3 is 19.7 Å². The summed E-state index contributed by atoms with van der Waals surface area (Å²) in [7, 11) is 1.71. The highest BCUT2D eigenvalue weighted by Crippen LogP contribution is 2.37. The summed E-state index contributed by atoms with van der Waals surface area (Å²) < 4.78 is 46.7. The summed E-state index contributed by atoms with van der Waals surface area (Å²) in [6, 6.07) is 11.3. The molecule has 4 aromatic rings. The van der Waals surface area contributed by atoms with Crippen LogP contribution in [0.15, 0.2) is 54.7 Å². The van der Waals surface area contributed by atoms with Crippen LogP contribution < -0.4 is 10.1 Å². The van der Waals surface area contributed by atoms with Crippen LogP contribution in [-0.4, -0.2) is 25.6 Å². The third-order valence-electron chi connectivity index (χ3n) is 4.57. The maximum absolute atomic E-state index is 13.1. The van der Waals surface area contributed by atoms with Gasteiger partial charge in [-0.05, 0) is 36.4 Å². The van der Waals surface area contributed by atoms with Crippen molar-refractivity contribution in [3.63, 3.8) is 0 Å². The average Bonchev–Trinajstić information content (AvgIpc) is 3.03. The van der Waals surface area contributed by atoms with Gasteiger partial charge in [0.15, 0.2) is 5.69 Å². The number of alkyl halides is 3. The number of hydrogen-bond acceptors (Lipinski definition) is 5. The van der Waals surface area contributed by atoms with Crippen molar-refractivity contribution in [2.24, 2.45) is 7.05 Å². The van der Waals surface area contributed by atoms with Gasteiger partial charge in [-0.25, -0.2) is 14.8 Å². The van der Waals surface area contributed by atoms with Gasteiger partial charge in [0.1, 0.15) is 11.5 Å². The Morgan fingerprint density at radius 3 is 2.59 bits per heavy atom. The van der Waals surface area contributed by atoms with E-state index in [0.717, 1.165) is 6.07 Å². The molecule has 7 nitrogen and oxygen atoms in total. The van der Waals surface area contributed by atoms with Gasteiger partial charge in [-0.3, -0.25) is 0 Å². The van der Waals surface area contributed by atoms with E-state index in [2.05, 4.69) is 15.3 Å². The molecule has 0 fully saturated rings. The zero-order chi connectivity index (χ0) is 23.0. The number of nitrogens with one attached hydrogen (secondary N) is 1. The molecule has 2 aromatic carbocycles. The number of nitrogens with zero attached hydrogens (tertiary/aromatic N) is 3. The lowest BCUT2D eigenvalue weighted by atomic mass is 10.2. The molecule has 11 heteroatoms. The van der Waals surface area contributed by atoms with Crippen LogP contribution in [0.4, 0.5) is 24.8 Å². The molecule has 0 aliphatic heterocycles. The first-order chi connectivity index (χ1) is 15.1. The van der Waals surface area contributed by atoms with Crippen molar-refractivity contribution in [3.8, 4) is 11.5 Å². The Hall–Kier alpha value is -3.79. The fraction of sp³-hybridized carbons (Fsp3) is 0.0952. The van der Waals surface area contributed by atoms with Crippen molar-refractivity contribution < 1.29 is 27.8 Å². The first-order valence-electron chi connectivity index (χ1n) is 9.09. The number of rotatable bonds is 5. The number of ether oxygens (including phenoxy) is 1. The number of aromatic carboxylic acids is 1. The number of halogens is 4. The second-order valence-electron chi connectivity index (χ2n) is 6.75. The first-order valence-corrected chi connectivity index (χ1v) is 9.47. The van der Waals surface area contributed by atoms with Gasteiger partial charge in [0.05, 0.1) is 21.6 Å². The maximum atomic E-state index is 13.1. The summed E-state index contributed by atoms with van der Waals surface area (Å²) in [5.41, 5.74) is 0.288. The highest BCUT2D eigenvalue weighted by Gasteiger charge is 2.33. The molecular formula is C21H14ClF3N4O3. The van der Waals surface area contributed by atoms with Crippen molar-refractivity contribution in [3.05, 3.63) is 71.0 Å². The predicted molar refractivity (Wildman–Crippen MR) is 112 cm³/mol. The van der Waals surface area contributed by atoms with E-state index in [9.17, 15) is 18.0 Å². The fourth-order valence-electron chi connectivity index (χ4n) is 3.03. The number of aromatic nitrogens is 3. The topological polar surface area (TPSA) is 89.3 Å². The van der Waals surface area contributed by atoms with Crippen molar-refractivity contribution in [1.29, 1.82) is 0 Å². The molecule has 32 heavy (non-hydrogen) atoms. The summed E-state index contributed by atoms with van der Waals surface area (Å²) in [5.74, 6) is -0.186. The summed E-state index contributed by atoms with van der Waals surface area (Å²) >= 11 is 5.67. The molecule has 0 bridgehead atoms. The van der Waals surface area contributed by atoms with Gasteiger partial charge in [0, 0.05) is 31.1 Å². The molecule has 0 radical (unpaired) electrons. The molecule has 2 heterocycles. The van der Waals surface area contributed by atoms with Gasteiger partial charge in [-0.2, -0.15) is 13.2 Å². The molecule has 0 saturated heterocycles. The number of carbonyl (C=O) groups is 1. The minimum Gasteiger partial charge on any atom is -0.477 e. The van der Waals surface area contributed by atoms with Crippen LogP contribution in [-0.2, 0) is 13.2 Å². The van der Waals surface area contributed by atoms with Crippen molar-refractivity contribution >= 4 is 40.2 Å². The van der Waals surface area contributed by atoms with E-state index < -0.39 is 22.7 Å². The van der Waals surface area contributed by atoms with Crippen molar-refractivity contribution in [1.82, 2.24) is 14.5 Å². The number of fused-ring (bicyclic) bond motifs is 1. The first kappa shape index (κ1) is 21.4. The summed E-state index contributed by atoms with van der Waals surface area (Å²) in [5, 5.41) is 11.5. The van der Waals surface area contributed by atoms with E-state index in [-0.39, 0.29) is 17.1 Å². The molecule has 164 valence electrons. The van der Waals surface area contributed by atoms with Gasteiger partial charge in [-0.15, -0.1) is 0 Å². The highest BCUT2D eigenvalue weighted by atomic mass is 35.5. The summed E-state index contributed by atoms with van der Waals surface area (Å²) in [6.45, 7) is 0. The normalized spacial score (nSPS) is 11.5. The maximum Gasteiger partial charge on any atom is 0.417 e. The molecule has 0 unspecified atom stereocenters. The van der Waals surface area contributed by atoms with Crippen molar-refractivity contribution in [2.75, 3.05) is 5.32 Å². The Kier molecular flexibility index (Phi) is 5.39. The average molecular weight is 463 g/mol. The molecule has 0 atom stereocenters. The van der Waals surface area contributed by atoms with Crippen LogP contribution in [0.25, 0.3) is 11.0 Å². The minimum atomic E-state index is -4.58. The van der Waals surface area contributed by atoms with E-state index in [4.69, 9.17) is 21.4 Å². The number of imidazole rings is 1. The molecule has 0 aliphatic rings. The third kappa shape index (κ3) is 4.30. The summed E-state index contributed by atoms with van der Waals surface area (Å²) in [4.78, 5) is 19.2. The second-order valence-corrected chi connectivity index (χ2v) is 7.15. The zero-order valence-corrected chi connectivity index (χ0v) is 17.1. The van der Waals surface area contributed by atoms with Gasteiger partial charge >= 0.3 is 12.1 Å². The molecule has 0 aliphatic carbocycles. The van der Waals surface area contributed by atoms with Gasteiger partial charge in [0.2, 0.25) is 5.95 Å². The Balaban J connectivity index is 1.62. The van der Waals surface area contributed by atoms with E-state index in [1.54, 1.807) is 29.8 Å². The molecule has 0 amide bonds. The number of benzene rings is 2. The molecule has 2 N–H and O–H groups in total. The lowest BCUT2D eigenvalue weighted by Crippen LogP contribution is -2.07. The van der Waals surface area contributed by atoms with Crippen LogP contribution >= 0.6 is 11.6 Å². The molecular weight excluding hydrogens is 449 g/mol. The second kappa shape index (κ2) is 8.04. The van der Waals surface area contributed by atoms with E-state index >= 15 is 0 Å². The van der Waals surface area contributed by atoms with E-state index in [1.807, 2.05) is 0 Å². The Bertz CT molecular complexity index is 1340. The van der Waals surface area contributed by atoms with Gasteiger partial charge in [0.25, 0.3) is 0 Å². The molecule has 0 saturated carbocycles. The Morgan fingerprint density at radius 2 is 1.88 bits per heavy atom. The number of pyridine rings is 1. The lowest BCUT2D eigenvalue weighted by molar-refractivity contribution is -0.137. The quantitative estimate of drug-likeness (QED) is 0.385. The van der Waals surface area contributed by atoms with Crippen LogP contribution in [0.1, 0.15) is 16.1 Å². The third-order valence-corrected chi connectivity index (χ3v) is 4.90. The van der Waals surface area contributed by atoms with Crippen LogP contribution in [0.5, 0.6) is 11.5 Å². The minimum absolute atomic E-state index is 0.158. The highest BCUT2D eigenvalue weighted by molar-refractivity contribution is 6.31. The fourth-order valence-corrected chi connectivity index (χ4v) is 3.26. The van der Waals surface area contributed by atoms with Crippen LogP contribution in [0, 0.1) is 0 Å². The monoisotopic (exact) mass is 462 g/mol. The zero-order valence-electron chi connectivity index (χ0n) is 16.3. The van der Waals surface area contributed by atoms with Crippen LogP contribution in [0.3, 0.4) is 0 Å². The van der Waals surface area contributed by atoms with E-state index in [1.165, 1.54) is 30.5 Å². The SMILES string of the molecule is Cn1c(Nc2ccc(Cl)c(C(F)(F)F)c2)nc2cc(Oc3ccnc(C(=O)O)c3)ccc21. The number of carboxylic acids is 1. The van der Waals surface area contributed by atoms with Crippen molar-refractivity contribution in [2.45, 2.75) is 6.18 Å². The standard InChI is InChI=1S/C21H14ClF3N4O3/c1-29-18-5-3-12(32-13-6-7-26-17(10-13)19(30)31)9-16(18)28-20(29)27-11-2-4-15(22)14(8-11)21(23,24)25/h2-10H,1H3,(H,27,28)(H,30,31). The Labute approximate surface area is 184 Å². The smallest absolute Gasteiger partial charge is 0.417 e. The predicted octanol–water partition coefficient (Wildman–Crippen LogP) is 5.87. The van der Waals surface area contributed by atoms with Gasteiger partial charge in [-0.1, -0.05) is 11.6 Å². The largest absolute Gasteiger partial charge is 0.477 e.